The molecule has 4 nitrogen and oxygen atoms in total. The van der Waals surface area contributed by atoms with Crippen molar-refractivity contribution < 1.29 is 8.78 Å². The first-order valence-electron chi connectivity index (χ1n) is 6.56. The molecule has 1 aliphatic rings. The van der Waals surface area contributed by atoms with E-state index in [1.807, 2.05) is 13.1 Å². The number of rotatable bonds is 5. The molecule has 2 rings (SSSR count). The van der Waals surface area contributed by atoms with Crippen molar-refractivity contribution in [2.75, 3.05) is 6.54 Å². The summed E-state index contributed by atoms with van der Waals surface area (Å²) in [5.41, 5.74) is 0.861. The highest BCUT2D eigenvalue weighted by atomic mass is 19.3. The highest BCUT2D eigenvalue weighted by Crippen LogP contribution is 2.37. The zero-order chi connectivity index (χ0) is 13.0. The third kappa shape index (κ3) is 3.73. The van der Waals surface area contributed by atoms with Gasteiger partial charge in [-0.2, -0.15) is 0 Å². The van der Waals surface area contributed by atoms with Crippen LogP contribution in [0.15, 0.2) is 6.20 Å². The standard InChI is InChI=1S/C12H20F2N4/c1-2-15-7-11-9-18(17-16-11)8-10-4-3-5-12(13,14)6-10/h9-10,15H,2-8H2,1H3. The summed E-state index contributed by atoms with van der Waals surface area (Å²) >= 11 is 0. The lowest BCUT2D eigenvalue weighted by Crippen LogP contribution is -2.28. The van der Waals surface area contributed by atoms with Crippen LogP contribution in [0.2, 0.25) is 0 Å². The van der Waals surface area contributed by atoms with Crippen molar-refractivity contribution in [1.82, 2.24) is 20.3 Å². The summed E-state index contributed by atoms with van der Waals surface area (Å²) in [7, 11) is 0. The summed E-state index contributed by atoms with van der Waals surface area (Å²) in [6.45, 7) is 4.13. The van der Waals surface area contributed by atoms with Crippen LogP contribution in [-0.2, 0) is 13.1 Å². The molecule has 102 valence electrons. The number of hydrogen-bond acceptors (Lipinski definition) is 3. The molecule has 1 aromatic rings. The van der Waals surface area contributed by atoms with E-state index in [-0.39, 0.29) is 18.8 Å². The van der Waals surface area contributed by atoms with E-state index >= 15 is 0 Å². The van der Waals surface area contributed by atoms with Crippen molar-refractivity contribution in [3.63, 3.8) is 0 Å². The van der Waals surface area contributed by atoms with Gasteiger partial charge in [0, 0.05) is 32.1 Å². The molecule has 1 heterocycles. The lowest BCUT2D eigenvalue weighted by molar-refractivity contribution is -0.0552. The maximum Gasteiger partial charge on any atom is 0.248 e. The minimum absolute atomic E-state index is 0.0161. The van der Waals surface area contributed by atoms with Gasteiger partial charge in [0.05, 0.1) is 5.69 Å². The largest absolute Gasteiger partial charge is 0.311 e. The highest BCUT2D eigenvalue weighted by molar-refractivity contribution is 4.92. The predicted octanol–water partition coefficient (Wildman–Crippen LogP) is 2.21. The van der Waals surface area contributed by atoms with Gasteiger partial charge >= 0.3 is 0 Å². The minimum Gasteiger partial charge on any atom is -0.311 e. The van der Waals surface area contributed by atoms with Crippen LogP contribution < -0.4 is 5.32 Å². The van der Waals surface area contributed by atoms with Crippen LogP contribution in [0.25, 0.3) is 0 Å². The molecule has 1 fully saturated rings. The number of halogens is 2. The number of alkyl halides is 2. The van der Waals surface area contributed by atoms with Crippen molar-refractivity contribution in [2.24, 2.45) is 5.92 Å². The molecular weight excluding hydrogens is 238 g/mol. The van der Waals surface area contributed by atoms with E-state index in [0.29, 0.717) is 19.5 Å². The van der Waals surface area contributed by atoms with Gasteiger partial charge in [0.15, 0.2) is 0 Å². The quantitative estimate of drug-likeness (QED) is 0.880. The van der Waals surface area contributed by atoms with Gasteiger partial charge in [-0.25, -0.2) is 8.78 Å². The molecule has 18 heavy (non-hydrogen) atoms. The number of aromatic nitrogens is 3. The van der Waals surface area contributed by atoms with Crippen LogP contribution in [0.1, 0.15) is 38.3 Å². The number of nitrogens with one attached hydrogen (secondary N) is 1. The molecule has 0 radical (unpaired) electrons. The van der Waals surface area contributed by atoms with Gasteiger partial charge in [-0.05, 0) is 25.3 Å². The summed E-state index contributed by atoms with van der Waals surface area (Å²) in [5.74, 6) is -2.47. The van der Waals surface area contributed by atoms with Gasteiger partial charge in [0.25, 0.3) is 0 Å². The normalized spacial score (nSPS) is 23.2. The Kier molecular flexibility index (Phi) is 4.27. The van der Waals surface area contributed by atoms with Crippen LogP contribution >= 0.6 is 0 Å². The fourth-order valence-corrected chi connectivity index (χ4v) is 2.46. The Hall–Kier alpha value is -1.04. The topological polar surface area (TPSA) is 42.7 Å². The lowest BCUT2D eigenvalue weighted by Gasteiger charge is -2.28. The van der Waals surface area contributed by atoms with Crippen molar-refractivity contribution in [3.8, 4) is 0 Å². The van der Waals surface area contributed by atoms with Crippen molar-refractivity contribution in [3.05, 3.63) is 11.9 Å². The van der Waals surface area contributed by atoms with Crippen LogP contribution in [0.4, 0.5) is 8.78 Å². The molecule has 1 atom stereocenters. The smallest absolute Gasteiger partial charge is 0.248 e. The molecule has 0 aliphatic heterocycles. The Bertz CT molecular complexity index is 378. The van der Waals surface area contributed by atoms with Crippen LogP contribution in [-0.4, -0.2) is 27.5 Å². The van der Waals surface area contributed by atoms with Gasteiger partial charge in [0.2, 0.25) is 5.92 Å². The van der Waals surface area contributed by atoms with Gasteiger partial charge in [-0.1, -0.05) is 12.1 Å². The second kappa shape index (κ2) is 5.73. The molecule has 1 N–H and O–H groups in total. The maximum absolute atomic E-state index is 13.3. The zero-order valence-electron chi connectivity index (χ0n) is 10.7. The first kappa shape index (κ1) is 13.4. The molecule has 0 saturated heterocycles. The van der Waals surface area contributed by atoms with E-state index in [2.05, 4.69) is 15.6 Å². The first-order chi connectivity index (χ1) is 8.59. The second-order valence-electron chi connectivity index (χ2n) is 5.03. The Morgan fingerprint density at radius 2 is 2.39 bits per heavy atom. The monoisotopic (exact) mass is 258 g/mol. The van der Waals surface area contributed by atoms with E-state index < -0.39 is 5.92 Å². The van der Waals surface area contributed by atoms with Crippen LogP contribution in [0.5, 0.6) is 0 Å². The Morgan fingerprint density at radius 1 is 1.56 bits per heavy atom. The van der Waals surface area contributed by atoms with E-state index in [4.69, 9.17) is 0 Å². The lowest BCUT2D eigenvalue weighted by atomic mass is 9.86. The van der Waals surface area contributed by atoms with Crippen LogP contribution in [0, 0.1) is 5.92 Å². The first-order valence-corrected chi connectivity index (χ1v) is 6.56. The predicted molar refractivity (Wildman–Crippen MR) is 64.3 cm³/mol. The molecule has 1 unspecified atom stereocenters. The minimum atomic E-state index is -2.49. The van der Waals surface area contributed by atoms with E-state index in [0.717, 1.165) is 18.7 Å². The van der Waals surface area contributed by atoms with Gasteiger partial charge in [0.1, 0.15) is 0 Å². The van der Waals surface area contributed by atoms with Gasteiger partial charge in [-0.15, -0.1) is 5.10 Å². The maximum atomic E-state index is 13.3. The van der Waals surface area contributed by atoms with Gasteiger partial charge in [-0.3, -0.25) is 4.68 Å². The van der Waals surface area contributed by atoms with Crippen molar-refractivity contribution >= 4 is 0 Å². The molecule has 1 aromatic heterocycles. The summed E-state index contributed by atoms with van der Waals surface area (Å²) < 4.78 is 28.2. The molecule has 1 aliphatic carbocycles. The van der Waals surface area contributed by atoms with Gasteiger partial charge < -0.3 is 5.32 Å². The molecule has 1 saturated carbocycles. The summed E-state index contributed by atoms with van der Waals surface area (Å²) in [5, 5.41) is 11.2. The number of hydrogen-bond donors (Lipinski definition) is 1. The van der Waals surface area contributed by atoms with Crippen LogP contribution in [0.3, 0.4) is 0 Å². The van der Waals surface area contributed by atoms with Crippen molar-refractivity contribution in [2.45, 2.75) is 51.6 Å². The fraction of sp³-hybridized carbons (Fsp3) is 0.833. The molecule has 0 amide bonds. The Balaban J connectivity index is 1.87. The third-order valence-electron chi connectivity index (χ3n) is 3.33. The van der Waals surface area contributed by atoms with E-state index in [1.54, 1.807) is 4.68 Å². The Labute approximate surface area is 106 Å². The van der Waals surface area contributed by atoms with Crippen molar-refractivity contribution in [1.29, 1.82) is 0 Å². The third-order valence-corrected chi connectivity index (χ3v) is 3.33. The summed E-state index contributed by atoms with van der Waals surface area (Å²) in [4.78, 5) is 0. The summed E-state index contributed by atoms with van der Waals surface area (Å²) in [6.07, 6.45) is 3.33. The summed E-state index contributed by atoms with van der Waals surface area (Å²) in [6, 6.07) is 0. The Morgan fingerprint density at radius 3 is 3.11 bits per heavy atom. The molecule has 0 spiro atoms. The molecule has 0 bridgehead atoms. The average Bonchev–Trinajstić information content (AvgIpc) is 2.73. The fourth-order valence-electron chi connectivity index (χ4n) is 2.46. The van der Waals surface area contributed by atoms with E-state index in [1.165, 1.54) is 0 Å². The van der Waals surface area contributed by atoms with E-state index in [9.17, 15) is 8.78 Å². The highest BCUT2D eigenvalue weighted by Gasteiger charge is 2.36. The molecular formula is C12H20F2N4. The second-order valence-corrected chi connectivity index (χ2v) is 5.03. The molecule has 0 aromatic carbocycles. The zero-order valence-corrected chi connectivity index (χ0v) is 10.7. The average molecular weight is 258 g/mol. The number of nitrogens with zero attached hydrogens (tertiary/aromatic N) is 3. The molecule has 6 heteroatoms. The SMILES string of the molecule is CCNCc1cn(CC2CCCC(F)(F)C2)nn1.